The molecule has 4 rings (SSSR count). The molecule has 1 unspecified atom stereocenters. The number of benzene rings is 1. The van der Waals surface area contributed by atoms with Crippen LogP contribution < -0.4 is 22.1 Å². The number of carbonyl (C=O) groups excluding carboxylic acids is 2. The van der Waals surface area contributed by atoms with Crippen LogP contribution in [0.1, 0.15) is 54.1 Å². The lowest BCUT2D eigenvalue weighted by atomic mass is 9.77. The highest BCUT2D eigenvalue weighted by atomic mass is 16.1. The summed E-state index contributed by atoms with van der Waals surface area (Å²) in [4.78, 5) is 32.4. The summed E-state index contributed by atoms with van der Waals surface area (Å²) in [7, 11) is 0. The zero-order valence-electron chi connectivity index (χ0n) is 15.8. The highest BCUT2D eigenvalue weighted by Gasteiger charge is 2.35. The van der Waals surface area contributed by atoms with E-state index >= 15 is 0 Å². The molecular formula is C20H24N6O2. The number of rotatable bonds is 5. The van der Waals surface area contributed by atoms with E-state index in [9.17, 15) is 9.59 Å². The number of nitrogens with two attached hydrogens (primary N) is 2. The van der Waals surface area contributed by atoms with Crippen LogP contribution in [0, 0.1) is 0 Å². The van der Waals surface area contributed by atoms with E-state index in [1.54, 1.807) is 6.92 Å². The Morgan fingerprint density at radius 2 is 2.07 bits per heavy atom. The average Bonchev–Trinajstić information content (AvgIpc) is 2.61. The molecule has 1 aromatic heterocycles. The van der Waals surface area contributed by atoms with Gasteiger partial charge in [0.1, 0.15) is 5.82 Å². The molecule has 0 saturated heterocycles. The van der Waals surface area contributed by atoms with Crippen LogP contribution in [0.25, 0.3) is 0 Å². The van der Waals surface area contributed by atoms with Crippen LogP contribution in [0.3, 0.4) is 0 Å². The van der Waals surface area contributed by atoms with E-state index in [1.807, 2.05) is 18.2 Å². The maximum Gasteiger partial charge on any atom is 0.254 e. The molecule has 0 spiro atoms. The minimum absolute atomic E-state index is 0.0535. The van der Waals surface area contributed by atoms with Gasteiger partial charge in [-0.1, -0.05) is 6.07 Å². The number of nitrogens with one attached hydrogen (secondary N) is 2. The fourth-order valence-electron chi connectivity index (χ4n) is 3.65. The molecule has 2 aliphatic carbocycles. The molecule has 6 N–H and O–H groups in total. The number of hydrogen-bond donors (Lipinski definition) is 4. The van der Waals surface area contributed by atoms with Gasteiger partial charge in [-0.15, -0.1) is 0 Å². The summed E-state index contributed by atoms with van der Waals surface area (Å²) >= 11 is 0. The lowest BCUT2D eigenvalue weighted by Crippen LogP contribution is -2.45. The molecule has 28 heavy (non-hydrogen) atoms. The molecule has 1 heterocycles. The third-order valence-corrected chi connectivity index (χ3v) is 5.62. The van der Waals surface area contributed by atoms with Crippen molar-refractivity contribution in [1.29, 1.82) is 0 Å². The first-order valence-corrected chi connectivity index (χ1v) is 9.50. The predicted octanol–water partition coefficient (Wildman–Crippen LogP) is 1.97. The average molecular weight is 380 g/mol. The second-order valence-corrected chi connectivity index (χ2v) is 7.71. The number of primary amides is 1. The van der Waals surface area contributed by atoms with Crippen LogP contribution in [0.5, 0.6) is 0 Å². The smallest absolute Gasteiger partial charge is 0.254 e. The van der Waals surface area contributed by atoms with Crippen molar-refractivity contribution in [1.82, 2.24) is 9.97 Å². The Morgan fingerprint density at radius 3 is 2.75 bits per heavy atom. The summed E-state index contributed by atoms with van der Waals surface area (Å²) in [5, 5.41) is 6.44. The van der Waals surface area contributed by atoms with Crippen molar-refractivity contribution >= 4 is 29.1 Å². The van der Waals surface area contributed by atoms with Gasteiger partial charge in [0.15, 0.2) is 5.78 Å². The number of anilines is 3. The fourth-order valence-corrected chi connectivity index (χ4v) is 3.65. The van der Waals surface area contributed by atoms with E-state index in [0.717, 1.165) is 36.1 Å². The standard InChI is InChI=1S/C20H24N6O2/c1-20(22)15-7-6-13(9-11(15)5-8-16(20)27)25-19-23-10-14(17(21)28)18(26-19)24-12-3-2-4-12/h6-7,9-10,12H,2-5,8,22H2,1H3,(H2,21,28)(H2,23,24,25,26). The Morgan fingerprint density at radius 1 is 1.29 bits per heavy atom. The Balaban J connectivity index is 1.60. The molecule has 0 radical (unpaired) electrons. The Labute approximate surface area is 163 Å². The van der Waals surface area contributed by atoms with Crippen LogP contribution in [-0.4, -0.2) is 27.7 Å². The van der Waals surface area contributed by atoms with Gasteiger partial charge in [0.25, 0.3) is 5.91 Å². The van der Waals surface area contributed by atoms with Crippen molar-refractivity contribution in [2.24, 2.45) is 11.5 Å². The van der Waals surface area contributed by atoms with Gasteiger partial charge in [-0.05, 0) is 55.9 Å². The second kappa shape index (κ2) is 6.87. The van der Waals surface area contributed by atoms with Crippen LogP contribution in [0.15, 0.2) is 24.4 Å². The van der Waals surface area contributed by atoms with E-state index in [2.05, 4.69) is 20.6 Å². The second-order valence-electron chi connectivity index (χ2n) is 7.71. The highest BCUT2D eigenvalue weighted by molar-refractivity contribution is 5.97. The van der Waals surface area contributed by atoms with Gasteiger partial charge in [-0.25, -0.2) is 4.98 Å². The molecule has 8 heteroatoms. The van der Waals surface area contributed by atoms with Crippen molar-refractivity contribution in [2.45, 2.75) is 50.6 Å². The highest BCUT2D eigenvalue weighted by Crippen LogP contribution is 2.33. The SMILES string of the molecule is CC1(N)C(=O)CCc2cc(Nc3ncc(C(N)=O)c(NC4CCC4)n3)ccc21. The molecule has 1 aromatic carbocycles. The largest absolute Gasteiger partial charge is 0.367 e. The van der Waals surface area contributed by atoms with Gasteiger partial charge < -0.3 is 22.1 Å². The molecular weight excluding hydrogens is 356 g/mol. The van der Waals surface area contributed by atoms with E-state index in [0.29, 0.717) is 30.6 Å². The number of hydrogen-bond acceptors (Lipinski definition) is 7. The number of ketones is 1. The summed E-state index contributed by atoms with van der Waals surface area (Å²) in [6.45, 7) is 1.75. The zero-order valence-corrected chi connectivity index (χ0v) is 15.8. The molecule has 1 atom stereocenters. The predicted molar refractivity (Wildman–Crippen MR) is 106 cm³/mol. The summed E-state index contributed by atoms with van der Waals surface area (Å²) in [5.41, 5.74) is 13.7. The zero-order chi connectivity index (χ0) is 19.9. The number of carbonyl (C=O) groups is 2. The molecule has 0 aliphatic heterocycles. The quantitative estimate of drug-likeness (QED) is 0.622. The fraction of sp³-hybridized carbons (Fsp3) is 0.400. The minimum atomic E-state index is -0.953. The summed E-state index contributed by atoms with van der Waals surface area (Å²) < 4.78 is 0. The first kappa shape index (κ1) is 18.4. The van der Waals surface area contributed by atoms with Crippen LogP contribution in [-0.2, 0) is 16.8 Å². The monoisotopic (exact) mass is 380 g/mol. The maximum absolute atomic E-state index is 12.1. The van der Waals surface area contributed by atoms with Crippen molar-refractivity contribution in [3.05, 3.63) is 41.1 Å². The summed E-state index contributed by atoms with van der Waals surface area (Å²) in [5.74, 6) is 0.314. The van der Waals surface area contributed by atoms with Crippen molar-refractivity contribution < 1.29 is 9.59 Å². The molecule has 8 nitrogen and oxygen atoms in total. The topological polar surface area (TPSA) is 136 Å². The van der Waals surface area contributed by atoms with E-state index in [1.165, 1.54) is 6.20 Å². The number of Topliss-reactive ketones (excluding diaryl/α,β-unsaturated/α-hetero) is 1. The van der Waals surface area contributed by atoms with Crippen molar-refractivity contribution in [2.75, 3.05) is 10.6 Å². The first-order chi connectivity index (χ1) is 13.3. The lowest BCUT2D eigenvalue weighted by molar-refractivity contribution is -0.124. The number of aryl methyl sites for hydroxylation is 1. The van der Waals surface area contributed by atoms with E-state index < -0.39 is 11.4 Å². The molecule has 1 saturated carbocycles. The minimum Gasteiger partial charge on any atom is -0.367 e. The number of nitrogens with zero attached hydrogens (tertiary/aromatic N) is 2. The summed E-state index contributed by atoms with van der Waals surface area (Å²) in [6, 6.07) is 6.01. The summed E-state index contributed by atoms with van der Waals surface area (Å²) in [6.07, 6.45) is 5.79. The molecule has 0 bridgehead atoms. The number of fused-ring (bicyclic) bond motifs is 1. The molecule has 1 fully saturated rings. The Hall–Kier alpha value is -3.00. The number of aromatic nitrogens is 2. The van der Waals surface area contributed by atoms with Gasteiger partial charge in [-0.2, -0.15) is 4.98 Å². The normalized spacial score (nSPS) is 21.6. The first-order valence-electron chi connectivity index (χ1n) is 9.50. The van der Waals surface area contributed by atoms with Crippen molar-refractivity contribution in [3.63, 3.8) is 0 Å². The van der Waals surface area contributed by atoms with Gasteiger partial charge in [0, 0.05) is 24.3 Å². The van der Waals surface area contributed by atoms with Crippen LogP contribution >= 0.6 is 0 Å². The van der Waals surface area contributed by atoms with Crippen molar-refractivity contribution in [3.8, 4) is 0 Å². The third-order valence-electron chi connectivity index (χ3n) is 5.62. The van der Waals surface area contributed by atoms with Gasteiger partial charge in [0.2, 0.25) is 5.95 Å². The number of amides is 1. The molecule has 2 aromatic rings. The van der Waals surface area contributed by atoms with E-state index in [4.69, 9.17) is 11.5 Å². The van der Waals surface area contributed by atoms with Crippen LogP contribution in [0.2, 0.25) is 0 Å². The third kappa shape index (κ3) is 3.31. The van der Waals surface area contributed by atoms with E-state index in [-0.39, 0.29) is 11.3 Å². The molecule has 146 valence electrons. The maximum atomic E-state index is 12.1. The Bertz CT molecular complexity index is 952. The van der Waals surface area contributed by atoms with Crippen LogP contribution in [0.4, 0.5) is 17.5 Å². The van der Waals surface area contributed by atoms with Gasteiger partial charge >= 0.3 is 0 Å². The Kier molecular flexibility index (Phi) is 4.50. The molecule has 2 aliphatic rings. The molecule has 1 amide bonds. The van der Waals surface area contributed by atoms with Gasteiger partial charge in [-0.3, -0.25) is 9.59 Å². The lowest BCUT2D eigenvalue weighted by Gasteiger charge is -2.31. The van der Waals surface area contributed by atoms with Gasteiger partial charge in [0.05, 0.1) is 11.1 Å².